The fraction of sp³-hybridized carbons (Fsp3) is 0.462. The van der Waals surface area contributed by atoms with E-state index in [4.69, 9.17) is 29.6 Å². The smallest absolute Gasteiger partial charge is 0.242 e. The average molecular weight is 335 g/mol. The van der Waals surface area contributed by atoms with Crippen molar-refractivity contribution in [3.63, 3.8) is 0 Å². The molecule has 0 aliphatic carbocycles. The highest BCUT2D eigenvalue weighted by molar-refractivity contribution is 7.89. The second kappa shape index (κ2) is 6.39. The molecule has 0 bridgehead atoms. The lowest BCUT2D eigenvalue weighted by molar-refractivity contribution is 0.378. The van der Waals surface area contributed by atoms with E-state index < -0.39 is 10.0 Å². The van der Waals surface area contributed by atoms with E-state index in [9.17, 15) is 8.42 Å². The molecule has 0 unspecified atom stereocenters. The van der Waals surface area contributed by atoms with Crippen molar-refractivity contribution in [2.24, 2.45) is 11.1 Å². The summed E-state index contributed by atoms with van der Waals surface area (Å²) in [5.74, 6) is 0. The van der Waals surface area contributed by atoms with Gasteiger partial charge in [-0.25, -0.2) is 13.1 Å². The molecule has 0 heterocycles. The largest absolute Gasteiger partial charge is 0.389 e. The molecule has 1 aromatic rings. The van der Waals surface area contributed by atoms with Crippen LogP contribution in [0.5, 0.6) is 0 Å². The van der Waals surface area contributed by atoms with E-state index in [-0.39, 0.29) is 20.3 Å². The zero-order chi connectivity index (χ0) is 15.6. The van der Waals surface area contributed by atoms with Crippen LogP contribution in [0, 0.1) is 5.41 Å². The van der Waals surface area contributed by atoms with Crippen LogP contribution in [0.25, 0.3) is 0 Å². The number of nitrogens with one attached hydrogen (secondary N) is 1. The third-order valence-corrected chi connectivity index (χ3v) is 4.85. The van der Waals surface area contributed by atoms with Crippen molar-refractivity contribution in [2.75, 3.05) is 6.54 Å². The summed E-state index contributed by atoms with van der Waals surface area (Å²) in [5, 5.41) is 0.147. The first-order valence-corrected chi connectivity index (χ1v) is 8.39. The van der Waals surface area contributed by atoms with Gasteiger partial charge in [-0.3, -0.25) is 0 Å². The first-order valence-electron chi connectivity index (χ1n) is 6.12. The van der Waals surface area contributed by atoms with Gasteiger partial charge < -0.3 is 5.73 Å². The van der Waals surface area contributed by atoms with E-state index in [1.807, 2.05) is 20.8 Å². The molecule has 3 N–H and O–H groups in total. The van der Waals surface area contributed by atoms with Crippen molar-refractivity contribution in [3.05, 3.63) is 28.8 Å². The summed E-state index contributed by atoms with van der Waals surface area (Å²) in [4.78, 5) is 0.131. The van der Waals surface area contributed by atoms with Crippen LogP contribution in [0.2, 0.25) is 5.02 Å². The second-order valence-corrected chi connectivity index (χ2v) is 8.30. The van der Waals surface area contributed by atoms with E-state index in [0.29, 0.717) is 12.1 Å². The van der Waals surface area contributed by atoms with Crippen LogP contribution >= 0.6 is 23.8 Å². The molecule has 1 rings (SSSR count). The summed E-state index contributed by atoms with van der Waals surface area (Å²) < 4.78 is 27.0. The highest BCUT2D eigenvalue weighted by Gasteiger charge is 2.20. The zero-order valence-electron chi connectivity index (χ0n) is 11.7. The average Bonchev–Trinajstić information content (AvgIpc) is 2.26. The van der Waals surface area contributed by atoms with Crippen molar-refractivity contribution < 1.29 is 8.42 Å². The minimum Gasteiger partial charge on any atom is -0.389 e. The summed E-state index contributed by atoms with van der Waals surface area (Å²) in [6.07, 6.45) is 0.721. The third kappa shape index (κ3) is 5.01. The Morgan fingerprint density at radius 3 is 2.50 bits per heavy atom. The molecule has 0 spiro atoms. The molecule has 20 heavy (non-hydrogen) atoms. The van der Waals surface area contributed by atoms with Gasteiger partial charge in [-0.05, 0) is 24.0 Å². The van der Waals surface area contributed by atoms with Crippen molar-refractivity contribution >= 4 is 38.8 Å². The topological polar surface area (TPSA) is 72.2 Å². The Hall–Kier alpha value is -0.690. The Kier molecular flexibility index (Phi) is 5.54. The number of thiocarbonyl (C=S) groups is 1. The second-order valence-electron chi connectivity index (χ2n) is 5.72. The van der Waals surface area contributed by atoms with E-state index in [0.717, 1.165) is 6.42 Å². The number of benzene rings is 1. The van der Waals surface area contributed by atoms with Crippen LogP contribution in [0.4, 0.5) is 0 Å². The summed E-state index contributed by atoms with van der Waals surface area (Å²) in [7, 11) is -3.67. The lowest BCUT2D eigenvalue weighted by atomic mass is 9.93. The molecule has 1 aromatic carbocycles. The monoisotopic (exact) mass is 334 g/mol. The maximum Gasteiger partial charge on any atom is 0.242 e. The third-order valence-electron chi connectivity index (χ3n) is 2.67. The van der Waals surface area contributed by atoms with Crippen LogP contribution in [0.1, 0.15) is 32.8 Å². The maximum atomic E-state index is 12.2. The Balaban J connectivity index is 2.97. The summed E-state index contributed by atoms with van der Waals surface area (Å²) in [6.45, 7) is 6.48. The number of hydrogen-bond donors (Lipinski definition) is 2. The van der Waals surface area contributed by atoms with Gasteiger partial charge in [0.15, 0.2) is 0 Å². The lowest BCUT2D eigenvalue weighted by Gasteiger charge is -2.18. The first-order chi connectivity index (χ1) is 9.03. The summed E-state index contributed by atoms with van der Waals surface area (Å²) in [6, 6.07) is 4.47. The molecule has 0 aromatic heterocycles. The number of rotatable bonds is 5. The number of hydrogen-bond acceptors (Lipinski definition) is 3. The summed E-state index contributed by atoms with van der Waals surface area (Å²) >= 11 is 10.8. The molecule has 0 saturated heterocycles. The maximum absolute atomic E-state index is 12.2. The fourth-order valence-corrected chi connectivity index (χ4v) is 3.18. The number of nitrogens with two attached hydrogens (primary N) is 1. The van der Waals surface area contributed by atoms with Gasteiger partial charge in [0.05, 0.1) is 5.02 Å². The van der Waals surface area contributed by atoms with Crippen LogP contribution in [0.3, 0.4) is 0 Å². The van der Waals surface area contributed by atoms with Gasteiger partial charge >= 0.3 is 0 Å². The van der Waals surface area contributed by atoms with E-state index in [1.54, 1.807) is 6.07 Å². The molecule has 7 heteroatoms. The van der Waals surface area contributed by atoms with Gasteiger partial charge in [0, 0.05) is 12.1 Å². The lowest BCUT2D eigenvalue weighted by Crippen LogP contribution is -2.28. The zero-order valence-corrected chi connectivity index (χ0v) is 14.1. The molecule has 0 aliphatic heterocycles. The predicted octanol–water partition coefficient (Wildman–Crippen LogP) is 2.69. The molecular formula is C13H19ClN2O2S2. The molecule has 0 saturated carbocycles. The molecule has 4 nitrogen and oxygen atoms in total. The van der Waals surface area contributed by atoms with Crippen LogP contribution < -0.4 is 10.5 Å². The fourth-order valence-electron chi connectivity index (χ4n) is 1.50. The minimum atomic E-state index is -3.67. The Morgan fingerprint density at radius 1 is 1.40 bits per heavy atom. The van der Waals surface area contributed by atoms with Crippen LogP contribution in [-0.4, -0.2) is 20.0 Å². The van der Waals surface area contributed by atoms with E-state index in [1.165, 1.54) is 12.1 Å². The predicted molar refractivity (Wildman–Crippen MR) is 86.6 cm³/mol. The molecule has 0 radical (unpaired) electrons. The van der Waals surface area contributed by atoms with Gasteiger partial charge in [0.2, 0.25) is 10.0 Å². The Labute approximate surface area is 130 Å². The van der Waals surface area contributed by atoms with Gasteiger partial charge in [0.1, 0.15) is 9.88 Å². The normalized spacial score (nSPS) is 12.4. The standard InChI is InChI=1S/C13H19ClN2O2S2/c1-13(2,3)6-7-16-20(17,18)11-8-9(12(15)19)4-5-10(11)14/h4-5,8,16H,6-7H2,1-3H3,(H2,15,19). The van der Waals surface area contributed by atoms with Crippen molar-refractivity contribution in [2.45, 2.75) is 32.1 Å². The van der Waals surface area contributed by atoms with Crippen molar-refractivity contribution in [1.82, 2.24) is 4.72 Å². The van der Waals surface area contributed by atoms with Crippen molar-refractivity contribution in [1.29, 1.82) is 0 Å². The highest BCUT2D eigenvalue weighted by Crippen LogP contribution is 2.23. The van der Waals surface area contributed by atoms with E-state index >= 15 is 0 Å². The first kappa shape index (κ1) is 17.4. The highest BCUT2D eigenvalue weighted by atomic mass is 35.5. The van der Waals surface area contributed by atoms with Crippen LogP contribution in [-0.2, 0) is 10.0 Å². The molecular weight excluding hydrogens is 316 g/mol. The number of sulfonamides is 1. The van der Waals surface area contributed by atoms with Gasteiger partial charge in [0.25, 0.3) is 0 Å². The molecule has 112 valence electrons. The van der Waals surface area contributed by atoms with Crippen LogP contribution in [0.15, 0.2) is 23.1 Å². The molecule has 0 amide bonds. The number of halogens is 1. The SMILES string of the molecule is CC(C)(C)CCNS(=O)(=O)c1cc(C(N)=S)ccc1Cl. The minimum absolute atomic E-state index is 0.00150. The molecule has 0 aliphatic rings. The van der Waals surface area contributed by atoms with Crippen molar-refractivity contribution in [3.8, 4) is 0 Å². The Morgan fingerprint density at radius 2 is 2.00 bits per heavy atom. The van der Waals surface area contributed by atoms with E-state index in [2.05, 4.69) is 4.72 Å². The molecule has 0 atom stereocenters. The Bertz CT molecular complexity index is 607. The summed E-state index contributed by atoms with van der Waals surface area (Å²) in [5.41, 5.74) is 6.03. The van der Waals surface area contributed by atoms with Gasteiger partial charge in [-0.2, -0.15) is 0 Å². The van der Waals surface area contributed by atoms with Gasteiger partial charge in [-0.15, -0.1) is 0 Å². The van der Waals surface area contributed by atoms with Gasteiger partial charge in [-0.1, -0.05) is 50.7 Å². The molecule has 0 fully saturated rings. The quantitative estimate of drug-likeness (QED) is 0.812.